The number of hydrogen-bond acceptors (Lipinski definition) is 4. The van der Waals surface area contributed by atoms with Crippen LogP contribution in [0.4, 0.5) is 32.0 Å². The highest BCUT2D eigenvalue weighted by Crippen LogP contribution is 2.32. The van der Waals surface area contributed by atoms with Gasteiger partial charge in [-0.05, 0) is 42.5 Å². The predicted molar refractivity (Wildman–Crippen MR) is 93.2 cm³/mol. The fourth-order valence-electron chi connectivity index (χ4n) is 2.19. The topological polar surface area (TPSA) is 58.9 Å². The molecule has 0 aliphatic rings. The number of hydrogen-bond donors (Lipinski definition) is 1. The fourth-order valence-corrected chi connectivity index (χ4v) is 2.19. The molecule has 0 saturated carbocycles. The molecule has 2 aromatic rings. The van der Waals surface area contributed by atoms with Gasteiger partial charge in [-0.2, -0.15) is 26.3 Å². The fraction of sp³-hybridized carbons (Fsp3) is 0.158. The molecule has 0 bridgehead atoms. The lowest BCUT2D eigenvalue weighted by molar-refractivity contribution is -0.165. The van der Waals surface area contributed by atoms with E-state index in [1.807, 2.05) is 0 Å². The Morgan fingerprint density at radius 1 is 1.03 bits per heavy atom. The number of nitrogens with zero attached hydrogens (tertiary/aromatic N) is 1. The SMILES string of the molecule is COc1ccc(/C(O)=C(/C=Nc2cccc(C(F)(F)F)c2)C(=O)C(F)(F)F)cc1. The largest absolute Gasteiger partial charge is 0.506 e. The number of halogens is 6. The molecule has 0 atom stereocenters. The zero-order valence-electron chi connectivity index (χ0n) is 14.7. The third kappa shape index (κ3) is 5.59. The van der Waals surface area contributed by atoms with Crippen molar-refractivity contribution in [2.75, 3.05) is 7.11 Å². The molecule has 2 rings (SSSR count). The van der Waals surface area contributed by atoms with Gasteiger partial charge in [-0.3, -0.25) is 9.79 Å². The Balaban J connectivity index is 2.51. The van der Waals surface area contributed by atoms with Crippen molar-refractivity contribution in [3.8, 4) is 5.75 Å². The van der Waals surface area contributed by atoms with Crippen LogP contribution < -0.4 is 4.74 Å². The van der Waals surface area contributed by atoms with Crippen molar-refractivity contribution >= 4 is 23.4 Å². The highest BCUT2D eigenvalue weighted by atomic mass is 19.4. The number of Topliss-reactive ketones (excluding diaryl/α,β-unsaturated/α-hetero) is 1. The summed E-state index contributed by atoms with van der Waals surface area (Å²) in [5, 5.41) is 10.2. The number of aliphatic imine (C=N–C) groups is 1. The second kappa shape index (κ2) is 8.38. The number of rotatable bonds is 5. The summed E-state index contributed by atoms with van der Waals surface area (Å²) in [6.07, 6.45) is -9.64. The van der Waals surface area contributed by atoms with Crippen molar-refractivity contribution in [1.29, 1.82) is 0 Å². The number of methoxy groups -OCH3 is 1. The van der Waals surface area contributed by atoms with Gasteiger partial charge in [0.2, 0.25) is 0 Å². The Hall–Kier alpha value is -3.30. The molecule has 10 heteroatoms. The number of aliphatic hydroxyl groups is 1. The summed E-state index contributed by atoms with van der Waals surface area (Å²) in [4.78, 5) is 15.2. The summed E-state index contributed by atoms with van der Waals surface area (Å²) in [6, 6.07) is 8.55. The number of alkyl halides is 6. The Bertz CT molecular complexity index is 944. The van der Waals surface area contributed by atoms with Gasteiger partial charge in [0.1, 0.15) is 11.5 Å². The predicted octanol–water partition coefficient (Wildman–Crippen LogP) is 5.52. The average molecular weight is 417 g/mol. The van der Waals surface area contributed by atoms with Crippen LogP contribution in [0.1, 0.15) is 11.1 Å². The van der Waals surface area contributed by atoms with E-state index in [1.54, 1.807) is 0 Å². The number of carbonyl (C=O) groups excluding carboxylic acids is 1. The molecule has 1 N–H and O–H groups in total. The molecular weight excluding hydrogens is 404 g/mol. The van der Waals surface area contributed by atoms with Crippen LogP contribution in [0.3, 0.4) is 0 Å². The first-order valence-corrected chi connectivity index (χ1v) is 7.84. The van der Waals surface area contributed by atoms with Crippen LogP contribution in [0.5, 0.6) is 5.75 Å². The van der Waals surface area contributed by atoms with Gasteiger partial charge in [0.15, 0.2) is 0 Å². The van der Waals surface area contributed by atoms with E-state index in [-0.39, 0.29) is 11.3 Å². The molecule has 0 radical (unpaired) electrons. The summed E-state index contributed by atoms with van der Waals surface area (Å²) in [5.41, 5.74) is -2.79. The van der Waals surface area contributed by atoms with Crippen LogP contribution in [-0.4, -0.2) is 30.4 Å². The zero-order chi connectivity index (χ0) is 21.8. The minimum atomic E-state index is -5.34. The molecule has 4 nitrogen and oxygen atoms in total. The number of ketones is 1. The molecule has 154 valence electrons. The van der Waals surface area contributed by atoms with Gasteiger partial charge in [0.05, 0.1) is 23.9 Å². The zero-order valence-corrected chi connectivity index (χ0v) is 14.7. The van der Waals surface area contributed by atoms with Crippen molar-refractivity contribution in [2.45, 2.75) is 12.4 Å². The van der Waals surface area contributed by atoms with Crippen molar-refractivity contribution in [3.63, 3.8) is 0 Å². The minimum Gasteiger partial charge on any atom is -0.506 e. The molecule has 0 saturated heterocycles. The van der Waals surface area contributed by atoms with Crippen molar-refractivity contribution in [3.05, 3.63) is 65.2 Å². The van der Waals surface area contributed by atoms with Crippen LogP contribution in [0, 0.1) is 0 Å². The second-order valence-electron chi connectivity index (χ2n) is 5.62. The van der Waals surface area contributed by atoms with Crippen LogP contribution in [0.25, 0.3) is 5.76 Å². The summed E-state index contributed by atoms with van der Waals surface area (Å²) < 4.78 is 81.9. The lowest BCUT2D eigenvalue weighted by Crippen LogP contribution is -2.26. The maximum absolute atomic E-state index is 12.9. The highest BCUT2D eigenvalue weighted by Gasteiger charge is 2.41. The molecule has 0 fully saturated rings. The smallest absolute Gasteiger partial charge is 0.455 e. The van der Waals surface area contributed by atoms with Crippen LogP contribution in [0.2, 0.25) is 0 Å². The standard InChI is InChI=1S/C19H13F6NO3/c1-29-14-7-5-11(6-8-14)16(27)15(17(28)19(23,24)25)10-26-13-4-2-3-12(9-13)18(20,21)22/h2-10,27H,1H3/b16-15+,26-10?. The Kier molecular flexibility index (Phi) is 6.35. The van der Waals surface area contributed by atoms with Gasteiger partial charge in [0.25, 0.3) is 5.78 Å². The van der Waals surface area contributed by atoms with Gasteiger partial charge in [-0.15, -0.1) is 0 Å². The quantitative estimate of drug-likeness (QED) is 0.302. The molecular formula is C19H13F6NO3. The third-order valence-corrected chi connectivity index (χ3v) is 3.64. The Morgan fingerprint density at radius 2 is 1.66 bits per heavy atom. The Morgan fingerprint density at radius 3 is 2.17 bits per heavy atom. The first-order chi connectivity index (χ1) is 13.4. The molecule has 0 unspecified atom stereocenters. The van der Waals surface area contributed by atoms with Gasteiger partial charge < -0.3 is 9.84 Å². The number of allylic oxidation sites excluding steroid dienone is 1. The minimum absolute atomic E-state index is 0.145. The van der Waals surface area contributed by atoms with Gasteiger partial charge in [0, 0.05) is 11.8 Å². The molecule has 2 aromatic carbocycles. The first-order valence-electron chi connectivity index (χ1n) is 7.84. The van der Waals surface area contributed by atoms with Crippen molar-refractivity contribution in [2.24, 2.45) is 4.99 Å². The lowest BCUT2D eigenvalue weighted by atomic mass is 10.0. The molecule has 0 aromatic heterocycles. The third-order valence-electron chi connectivity index (χ3n) is 3.64. The number of carbonyl (C=O) groups is 1. The highest BCUT2D eigenvalue weighted by molar-refractivity contribution is 6.20. The molecule has 0 amide bonds. The van der Waals surface area contributed by atoms with E-state index in [2.05, 4.69) is 4.99 Å². The van der Waals surface area contributed by atoms with Gasteiger partial charge in [-0.1, -0.05) is 6.07 Å². The summed E-state index contributed by atoms with van der Waals surface area (Å²) in [7, 11) is 1.35. The lowest BCUT2D eigenvalue weighted by Gasteiger charge is -2.10. The van der Waals surface area contributed by atoms with Crippen molar-refractivity contribution in [1.82, 2.24) is 0 Å². The average Bonchev–Trinajstić information content (AvgIpc) is 2.66. The van der Waals surface area contributed by atoms with E-state index in [1.165, 1.54) is 31.4 Å². The maximum atomic E-state index is 12.9. The number of ether oxygens (including phenoxy) is 1. The summed E-state index contributed by atoms with van der Waals surface area (Å²) >= 11 is 0. The van der Waals surface area contributed by atoms with E-state index < -0.39 is 35.0 Å². The number of benzene rings is 2. The van der Waals surface area contributed by atoms with Crippen LogP contribution >= 0.6 is 0 Å². The van der Waals surface area contributed by atoms with Gasteiger partial charge in [-0.25, -0.2) is 0 Å². The molecule has 0 spiro atoms. The van der Waals surface area contributed by atoms with E-state index in [9.17, 15) is 36.2 Å². The van der Waals surface area contributed by atoms with Crippen LogP contribution in [-0.2, 0) is 11.0 Å². The molecule has 0 heterocycles. The Labute approximate surface area is 160 Å². The molecule has 0 aliphatic heterocycles. The van der Waals surface area contributed by atoms with Crippen molar-refractivity contribution < 1.29 is 41.0 Å². The van der Waals surface area contributed by atoms with E-state index in [4.69, 9.17) is 4.74 Å². The van der Waals surface area contributed by atoms with E-state index in [0.717, 1.165) is 18.2 Å². The van der Waals surface area contributed by atoms with E-state index >= 15 is 0 Å². The number of aliphatic hydroxyl groups excluding tert-OH is 1. The summed E-state index contributed by atoms with van der Waals surface area (Å²) in [6.45, 7) is 0. The van der Waals surface area contributed by atoms with Gasteiger partial charge >= 0.3 is 12.4 Å². The second-order valence-corrected chi connectivity index (χ2v) is 5.62. The molecule has 29 heavy (non-hydrogen) atoms. The first kappa shape index (κ1) is 22.0. The molecule has 0 aliphatic carbocycles. The maximum Gasteiger partial charge on any atom is 0.455 e. The summed E-state index contributed by atoms with van der Waals surface area (Å²) in [5.74, 6) is -3.09. The normalized spacial score (nSPS) is 13.3. The monoisotopic (exact) mass is 417 g/mol. The van der Waals surface area contributed by atoms with Crippen LogP contribution in [0.15, 0.2) is 59.1 Å². The van der Waals surface area contributed by atoms with E-state index in [0.29, 0.717) is 18.0 Å².